The van der Waals surface area contributed by atoms with E-state index in [0.29, 0.717) is 25.1 Å². The van der Waals surface area contributed by atoms with Gasteiger partial charge in [-0.25, -0.2) is 0 Å². The van der Waals surface area contributed by atoms with Crippen LogP contribution in [0.1, 0.15) is 25.8 Å². The number of benzene rings is 1. The van der Waals surface area contributed by atoms with Crippen LogP contribution in [0.15, 0.2) is 24.4 Å². The first-order valence-corrected chi connectivity index (χ1v) is 6.66. The molecule has 1 aromatic carbocycles. The fourth-order valence-electron chi connectivity index (χ4n) is 2.07. The second-order valence-electron chi connectivity index (χ2n) is 4.55. The minimum Gasteiger partial charge on any atom is -0.426 e. The molecule has 0 radical (unpaired) electrons. The number of H-pyrrole nitrogens is 1. The van der Waals surface area contributed by atoms with E-state index in [1.54, 1.807) is 13.0 Å². The Morgan fingerprint density at radius 2 is 2.15 bits per heavy atom. The van der Waals surface area contributed by atoms with Gasteiger partial charge in [0.2, 0.25) is 5.91 Å². The van der Waals surface area contributed by atoms with Crippen LogP contribution < -0.4 is 10.1 Å². The second kappa shape index (κ2) is 6.23. The number of hydrogen-bond donors (Lipinski definition) is 2. The molecule has 1 amide bonds. The van der Waals surface area contributed by atoms with Crippen molar-refractivity contribution in [1.29, 1.82) is 0 Å². The number of aromatic nitrogens is 1. The molecule has 0 saturated carbocycles. The number of esters is 1. The molecule has 1 aromatic heterocycles. The zero-order valence-electron chi connectivity index (χ0n) is 11.7. The Labute approximate surface area is 117 Å². The highest BCUT2D eigenvalue weighted by Crippen LogP contribution is 2.29. The van der Waals surface area contributed by atoms with Gasteiger partial charge >= 0.3 is 5.97 Å². The van der Waals surface area contributed by atoms with Crippen molar-refractivity contribution in [1.82, 2.24) is 10.3 Å². The van der Waals surface area contributed by atoms with Crippen molar-refractivity contribution in [3.8, 4) is 5.75 Å². The third-order valence-corrected chi connectivity index (χ3v) is 3.03. The van der Waals surface area contributed by atoms with Crippen LogP contribution in [0, 0.1) is 0 Å². The van der Waals surface area contributed by atoms with Gasteiger partial charge in [0, 0.05) is 37.0 Å². The third kappa shape index (κ3) is 3.17. The molecule has 5 nitrogen and oxygen atoms in total. The van der Waals surface area contributed by atoms with Gasteiger partial charge in [-0.2, -0.15) is 0 Å². The van der Waals surface area contributed by atoms with Gasteiger partial charge in [0.1, 0.15) is 5.75 Å². The zero-order valence-corrected chi connectivity index (χ0v) is 11.7. The van der Waals surface area contributed by atoms with Crippen LogP contribution in [0.5, 0.6) is 5.75 Å². The van der Waals surface area contributed by atoms with Crippen LogP contribution in [0.2, 0.25) is 0 Å². The number of ether oxygens (including phenoxy) is 1. The molecule has 5 heteroatoms. The molecular formula is C15H18N2O3. The van der Waals surface area contributed by atoms with Crippen molar-refractivity contribution in [2.45, 2.75) is 26.7 Å². The summed E-state index contributed by atoms with van der Waals surface area (Å²) in [5, 5.41) is 3.66. The Morgan fingerprint density at radius 3 is 2.85 bits per heavy atom. The fraction of sp³-hybridized carbons (Fsp3) is 0.333. The number of aromatic amines is 1. The van der Waals surface area contributed by atoms with E-state index in [1.807, 2.05) is 18.3 Å². The van der Waals surface area contributed by atoms with Crippen molar-refractivity contribution in [3.05, 3.63) is 30.0 Å². The Bertz CT molecular complexity index is 631. The first-order chi connectivity index (χ1) is 9.61. The average Bonchev–Trinajstić information content (AvgIpc) is 2.83. The first kappa shape index (κ1) is 14.1. The van der Waals surface area contributed by atoms with Crippen molar-refractivity contribution in [2.24, 2.45) is 0 Å². The SMILES string of the molecule is CCC(=O)Oc1cccc2[nH]cc(CCNC(C)=O)c12. The van der Waals surface area contributed by atoms with Crippen LogP contribution in [-0.2, 0) is 16.0 Å². The van der Waals surface area contributed by atoms with Gasteiger partial charge in [-0.15, -0.1) is 0 Å². The Kier molecular flexibility index (Phi) is 4.40. The van der Waals surface area contributed by atoms with Gasteiger partial charge in [-0.3, -0.25) is 9.59 Å². The van der Waals surface area contributed by atoms with E-state index in [9.17, 15) is 9.59 Å². The van der Waals surface area contributed by atoms with Gasteiger partial charge in [-0.05, 0) is 24.1 Å². The highest BCUT2D eigenvalue weighted by molar-refractivity contribution is 5.91. The normalized spacial score (nSPS) is 10.5. The highest BCUT2D eigenvalue weighted by Gasteiger charge is 2.12. The van der Waals surface area contributed by atoms with Crippen LogP contribution in [0.4, 0.5) is 0 Å². The van der Waals surface area contributed by atoms with Gasteiger partial charge in [-0.1, -0.05) is 13.0 Å². The molecule has 0 unspecified atom stereocenters. The van der Waals surface area contributed by atoms with Gasteiger partial charge < -0.3 is 15.0 Å². The monoisotopic (exact) mass is 274 g/mol. The van der Waals surface area contributed by atoms with Crippen molar-refractivity contribution < 1.29 is 14.3 Å². The molecule has 0 aliphatic heterocycles. The molecule has 0 bridgehead atoms. The van der Waals surface area contributed by atoms with Crippen molar-refractivity contribution in [2.75, 3.05) is 6.54 Å². The molecule has 0 spiro atoms. The predicted molar refractivity (Wildman–Crippen MR) is 76.6 cm³/mol. The minimum absolute atomic E-state index is 0.0533. The van der Waals surface area contributed by atoms with E-state index in [4.69, 9.17) is 4.74 Å². The van der Waals surface area contributed by atoms with E-state index in [0.717, 1.165) is 16.5 Å². The van der Waals surface area contributed by atoms with Crippen molar-refractivity contribution >= 4 is 22.8 Å². The number of carbonyl (C=O) groups is 2. The minimum atomic E-state index is -0.258. The maximum Gasteiger partial charge on any atom is 0.310 e. The third-order valence-electron chi connectivity index (χ3n) is 3.03. The maximum absolute atomic E-state index is 11.5. The van der Waals surface area contributed by atoms with E-state index in [2.05, 4.69) is 10.3 Å². The summed E-state index contributed by atoms with van der Waals surface area (Å²) in [5.41, 5.74) is 1.94. The number of hydrogen-bond acceptors (Lipinski definition) is 3. The molecule has 0 atom stereocenters. The molecule has 106 valence electrons. The standard InChI is InChI=1S/C15H18N2O3/c1-3-14(19)20-13-6-4-5-12-15(13)11(9-17-12)7-8-16-10(2)18/h4-6,9,17H,3,7-8H2,1-2H3,(H,16,18). The number of nitrogens with one attached hydrogen (secondary N) is 2. The second-order valence-corrected chi connectivity index (χ2v) is 4.55. The summed E-state index contributed by atoms with van der Waals surface area (Å²) in [4.78, 5) is 25.5. The summed E-state index contributed by atoms with van der Waals surface area (Å²) in [6.45, 7) is 3.80. The lowest BCUT2D eigenvalue weighted by Crippen LogP contribution is -2.22. The number of fused-ring (bicyclic) bond motifs is 1. The molecule has 1 heterocycles. The molecule has 0 aliphatic carbocycles. The van der Waals surface area contributed by atoms with Gasteiger partial charge in [0.25, 0.3) is 0 Å². The molecule has 0 fully saturated rings. The quantitative estimate of drug-likeness (QED) is 0.648. The average molecular weight is 274 g/mol. The lowest BCUT2D eigenvalue weighted by atomic mass is 10.1. The summed E-state index contributed by atoms with van der Waals surface area (Å²) in [5.74, 6) is 0.252. The van der Waals surface area contributed by atoms with Crippen LogP contribution in [-0.4, -0.2) is 23.4 Å². The molecule has 0 saturated heterocycles. The lowest BCUT2D eigenvalue weighted by Gasteiger charge is -2.07. The zero-order chi connectivity index (χ0) is 14.5. The van der Waals surface area contributed by atoms with Gasteiger partial charge in [0.05, 0.1) is 0 Å². The van der Waals surface area contributed by atoms with Gasteiger partial charge in [0.15, 0.2) is 0 Å². The Balaban J connectivity index is 2.26. The maximum atomic E-state index is 11.5. The molecular weight excluding hydrogens is 256 g/mol. The molecule has 0 aliphatic rings. The van der Waals surface area contributed by atoms with E-state index < -0.39 is 0 Å². The van der Waals surface area contributed by atoms with Crippen LogP contribution in [0.3, 0.4) is 0 Å². The van der Waals surface area contributed by atoms with E-state index >= 15 is 0 Å². The molecule has 2 N–H and O–H groups in total. The number of rotatable bonds is 5. The summed E-state index contributed by atoms with van der Waals surface area (Å²) >= 11 is 0. The topological polar surface area (TPSA) is 71.2 Å². The predicted octanol–water partition coefficient (Wildman–Crippen LogP) is 2.16. The smallest absolute Gasteiger partial charge is 0.310 e. The molecule has 2 rings (SSSR count). The molecule has 2 aromatic rings. The Morgan fingerprint density at radius 1 is 1.35 bits per heavy atom. The highest BCUT2D eigenvalue weighted by atomic mass is 16.5. The Hall–Kier alpha value is -2.30. The summed E-state index contributed by atoms with van der Waals surface area (Å²) in [7, 11) is 0. The largest absolute Gasteiger partial charge is 0.426 e. The fourth-order valence-corrected chi connectivity index (χ4v) is 2.07. The number of carbonyl (C=O) groups excluding carboxylic acids is 2. The first-order valence-electron chi connectivity index (χ1n) is 6.66. The van der Waals surface area contributed by atoms with E-state index in [-0.39, 0.29) is 11.9 Å². The van der Waals surface area contributed by atoms with Crippen molar-refractivity contribution in [3.63, 3.8) is 0 Å². The summed E-state index contributed by atoms with van der Waals surface area (Å²) < 4.78 is 5.36. The van der Waals surface area contributed by atoms with Crippen LogP contribution in [0.25, 0.3) is 10.9 Å². The van der Waals surface area contributed by atoms with Crippen LogP contribution >= 0.6 is 0 Å². The number of amides is 1. The van der Waals surface area contributed by atoms with E-state index in [1.165, 1.54) is 6.92 Å². The lowest BCUT2D eigenvalue weighted by molar-refractivity contribution is -0.133. The summed E-state index contributed by atoms with van der Waals surface area (Å²) in [6, 6.07) is 5.56. The molecule has 20 heavy (non-hydrogen) atoms. The summed E-state index contributed by atoms with van der Waals surface area (Å²) in [6.07, 6.45) is 2.90.